The Morgan fingerprint density at radius 3 is 2.31 bits per heavy atom. The summed E-state index contributed by atoms with van der Waals surface area (Å²) in [7, 11) is 0. The number of rotatable bonds is 3. The van der Waals surface area contributed by atoms with E-state index in [-0.39, 0.29) is 11.4 Å². The largest absolute Gasteiger partial charge is 0.466 e. The van der Waals surface area contributed by atoms with Crippen molar-refractivity contribution in [2.45, 2.75) is 46.5 Å². The summed E-state index contributed by atoms with van der Waals surface area (Å²) in [6.07, 6.45) is 4.39. The molecule has 0 N–H and O–H groups in total. The zero-order chi connectivity index (χ0) is 9.90. The minimum atomic E-state index is -0.157. The fourth-order valence-corrected chi connectivity index (χ4v) is 2.30. The number of hydrogen-bond donors (Lipinski definition) is 0. The van der Waals surface area contributed by atoms with Gasteiger partial charge in [0.2, 0.25) is 0 Å². The molecule has 1 saturated carbocycles. The normalized spacial score (nSPS) is 20.6. The molecule has 1 fully saturated rings. The van der Waals surface area contributed by atoms with Crippen LogP contribution in [0.15, 0.2) is 0 Å². The van der Waals surface area contributed by atoms with Gasteiger partial charge in [0.05, 0.1) is 12.0 Å². The van der Waals surface area contributed by atoms with E-state index >= 15 is 0 Å². The lowest BCUT2D eigenvalue weighted by atomic mass is 9.76. The van der Waals surface area contributed by atoms with Crippen molar-refractivity contribution in [3.8, 4) is 0 Å². The van der Waals surface area contributed by atoms with E-state index in [1.807, 2.05) is 6.92 Å². The standard InChI is InChI=1S/C11H20O2/c1-4-13-10(12)11(9(2)3)7-5-6-8-11/h9H,4-8H2,1-3H3. The molecule has 0 aromatic heterocycles. The lowest BCUT2D eigenvalue weighted by Crippen LogP contribution is -2.35. The first-order valence-corrected chi connectivity index (χ1v) is 5.30. The Morgan fingerprint density at radius 1 is 1.38 bits per heavy atom. The van der Waals surface area contributed by atoms with Gasteiger partial charge in [-0.25, -0.2) is 0 Å². The van der Waals surface area contributed by atoms with E-state index in [4.69, 9.17) is 4.74 Å². The van der Waals surface area contributed by atoms with Gasteiger partial charge in [-0.05, 0) is 25.7 Å². The van der Waals surface area contributed by atoms with Gasteiger partial charge in [0.1, 0.15) is 0 Å². The summed E-state index contributed by atoms with van der Waals surface area (Å²) in [5, 5.41) is 0. The molecule has 0 saturated heterocycles. The van der Waals surface area contributed by atoms with Gasteiger partial charge >= 0.3 is 5.97 Å². The van der Waals surface area contributed by atoms with E-state index < -0.39 is 0 Å². The van der Waals surface area contributed by atoms with Crippen LogP contribution in [0.4, 0.5) is 0 Å². The fraction of sp³-hybridized carbons (Fsp3) is 0.909. The molecule has 0 spiro atoms. The Hall–Kier alpha value is -0.530. The molecule has 2 heteroatoms. The van der Waals surface area contributed by atoms with Gasteiger partial charge in [0.15, 0.2) is 0 Å². The van der Waals surface area contributed by atoms with E-state index in [0.29, 0.717) is 12.5 Å². The Kier molecular flexibility index (Phi) is 3.34. The van der Waals surface area contributed by atoms with Crippen molar-refractivity contribution in [1.29, 1.82) is 0 Å². The quantitative estimate of drug-likeness (QED) is 0.630. The Balaban J connectivity index is 2.72. The molecule has 76 valence electrons. The summed E-state index contributed by atoms with van der Waals surface area (Å²) >= 11 is 0. The van der Waals surface area contributed by atoms with Gasteiger partial charge in [-0.3, -0.25) is 4.79 Å². The van der Waals surface area contributed by atoms with Crippen LogP contribution in [0.5, 0.6) is 0 Å². The third-order valence-corrected chi connectivity index (χ3v) is 3.28. The molecular weight excluding hydrogens is 164 g/mol. The van der Waals surface area contributed by atoms with Crippen LogP contribution in [0.25, 0.3) is 0 Å². The monoisotopic (exact) mass is 184 g/mol. The number of carbonyl (C=O) groups excluding carboxylic acids is 1. The summed E-state index contributed by atoms with van der Waals surface area (Å²) in [6.45, 7) is 6.64. The SMILES string of the molecule is CCOC(=O)C1(C(C)C)CCCC1. The van der Waals surface area contributed by atoms with Gasteiger partial charge in [-0.2, -0.15) is 0 Å². The second-order valence-corrected chi connectivity index (χ2v) is 4.24. The van der Waals surface area contributed by atoms with E-state index in [0.717, 1.165) is 12.8 Å². The Bertz CT molecular complexity index is 179. The summed E-state index contributed by atoms with van der Waals surface area (Å²) < 4.78 is 5.15. The molecule has 0 aromatic carbocycles. The van der Waals surface area contributed by atoms with E-state index in [1.165, 1.54) is 12.8 Å². The molecule has 1 rings (SSSR count). The van der Waals surface area contributed by atoms with Crippen molar-refractivity contribution in [2.24, 2.45) is 11.3 Å². The van der Waals surface area contributed by atoms with Crippen molar-refractivity contribution in [1.82, 2.24) is 0 Å². The highest BCUT2D eigenvalue weighted by Gasteiger charge is 2.44. The van der Waals surface area contributed by atoms with Crippen LogP contribution in [0.3, 0.4) is 0 Å². The number of carbonyl (C=O) groups is 1. The molecule has 0 bridgehead atoms. The van der Waals surface area contributed by atoms with Crippen molar-refractivity contribution in [2.75, 3.05) is 6.61 Å². The molecule has 0 atom stereocenters. The second kappa shape index (κ2) is 4.12. The average Bonchev–Trinajstić information content (AvgIpc) is 2.53. The van der Waals surface area contributed by atoms with Crippen LogP contribution in [0.2, 0.25) is 0 Å². The van der Waals surface area contributed by atoms with E-state index in [9.17, 15) is 4.79 Å². The summed E-state index contributed by atoms with van der Waals surface area (Å²) in [4.78, 5) is 11.8. The zero-order valence-corrected chi connectivity index (χ0v) is 8.93. The number of esters is 1. The molecule has 0 radical (unpaired) electrons. The van der Waals surface area contributed by atoms with Gasteiger partial charge in [0, 0.05) is 0 Å². The molecule has 0 aromatic rings. The third-order valence-electron chi connectivity index (χ3n) is 3.28. The maximum atomic E-state index is 11.8. The van der Waals surface area contributed by atoms with Crippen LogP contribution < -0.4 is 0 Å². The van der Waals surface area contributed by atoms with Crippen molar-refractivity contribution >= 4 is 5.97 Å². The highest BCUT2D eigenvalue weighted by molar-refractivity contribution is 5.77. The molecule has 0 heterocycles. The molecule has 0 unspecified atom stereocenters. The van der Waals surface area contributed by atoms with Gasteiger partial charge in [-0.15, -0.1) is 0 Å². The summed E-state index contributed by atoms with van der Waals surface area (Å²) in [5.74, 6) is 0.441. The van der Waals surface area contributed by atoms with Crippen LogP contribution in [0, 0.1) is 11.3 Å². The van der Waals surface area contributed by atoms with Gasteiger partial charge in [-0.1, -0.05) is 26.7 Å². The van der Waals surface area contributed by atoms with Crippen LogP contribution in [-0.4, -0.2) is 12.6 Å². The van der Waals surface area contributed by atoms with Crippen LogP contribution in [-0.2, 0) is 9.53 Å². The van der Waals surface area contributed by atoms with E-state index in [1.54, 1.807) is 0 Å². The lowest BCUT2D eigenvalue weighted by Gasteiger charge is -2.30. The third kappa shape index (κ3) is 1.87. The number of hydrogen-bond acceptors (Lipinski definition) is 2. The van der Waals surface area contributed by atoms with Crippen molar-refractivity contribution in [3.63, 3.8) is 0 Å². The highest BCUT2D eigenvalue weighted by Crippen LogP contribution is 2.45. The predicted octanol–water partition coefficient (Wildman–Crippen LogP) is 2.77. The molecule has 0 amide bonds. The summed E-state index contributed by atoms with van der Waals surface area (Å²) in [6, 6.07) is 0. The van der Waals surface area contributed by atoms with Crippen LogP contribution >= 0.6 is 0 Å². The summed E-state index contributed by atoms with van der Waals surface area (Å²) in [5.41, 5.74) is -0.157. The highest BCUT2D eigenvalue weighted by atomic mass is 16.5. The minimum absolute atomic E-state index is 0.0301. The van der Waals surface area contributed by atoms with Crippen molar-refractivity contribution < 1.29 is 9.53 Å². The minimum Gasteiger partial charge on any atom is -0.466 e. The molecule has 0 aliphatic heterocycles. The zero-order valence-electron chi connectivity index (χ0n) is 8.93. The Labute approximate surface area is 80.7 Å². The number of ether oxygens (including phenoxy) is 1. The van der Waals surface area contributed by atoms with Gasteiger partial charge in [0.25, 0.3) is 0 Å². The first-order valence-electron chi connectivity index (χ1n) is 5.30. The predicted molar refractivity (Wildman–Crippen MR) is 52.4 cm³/mol. The molecular formula is C11H20O2. The maximum absolute atomic E-state index is 11.8. The van der Waals surface area contributed by atoms with E-state index in [2.05, 4.69) is 13.8 Å². The smallest absolute Gasteiger partial charge is 0.312 e. The fourth-order valence-electron chi connectivity index (χ4n) is 2.30. The maximum Gasteiger partial charge on any atom is 0.312 e. The average molecular weight is 184 g/mol. The lowest BCUT2D eigenvalue weighted by molar-refractivity contribution is -0.158. The molecule has 1 aliphatic carbocycles. The van der Waals surface area contributed by atoms with Crippen LogP contribution in [0.1, 0.15) is 46.5 Å². The molecule has 13 heavy (non-hydrogen) atoms. The second-order valence-electron chi connectivity index (χ2n) is 4.24. The van der Waals surface area contributed by atoms with Crippen molar-refractivity contribution in [3.05, 3.63) is 0 Å². The first-order chi connectivity index (χ1) is 6.13. The molecule has 1 aliphatic rings. The molecule has 2 nitrogen and oxygen atoms in total. The first kappa shape index (κ1) is 10.6. The topological polar surface area (TPSA) is 26.3 Å². The van der Waals surface area contributed by atoms with Gasteiger partial charge < -0.3 is 4.74 Å². The Morgan fingerprint density at radius 2 is 1.92 bits per heavy atom.